The molecule has 0 spiro atoms. The number of pyridine rings is 1. The topological polar surface area (TPSA) is 65.3 Å². The number of rotatable bonds is 7. The number of aromatic nitrogens is 2. The Morgan fingerprint density at radius 1 is 1.21 bits per heavy atom. The van der Waals surface area contributed by atoms with E-state index in [1.807, 2.05) is 30.8 Å². The number of nitrogens with one attached hydrogen (secondary N) is 1. The Hall–Kier alpha value is -2.08. The van der Waals surface area contributed by atoms with Gasteiger partial charge in [0.2, 0.25) is 0 Å². The first kappa shape index (κ1) is 20.6. The van der Waals surface area contributed by atoms with E-state index >= 15 is 0 Å². The van der Waals surface area contributed by atoms with Gasteiger partial charge in [-0.3, -0.25) is 9.59 Å². The second-order valence-electron chi connectivity index (χ2n) is 7.95. The Bertz CT molecular complexity index is 889. The fourth-order valence-electron chi connectivity index (χ4n) is 4.24. The van der Waals surface area contributed by atoms with Gasteiger partial charge < -0.3 is 19.2 Å². The highest BCUT2D eigenvalue weighted by molar-refractivity contribution is 6.07. The van der Waals surface area contributed by atoms with Gasteiger partial charge in [0.15, 0.2) is 0 Å². The second-order valence-corrected chi connectivity index (χ2v) is 7.95. The molecular formula is C22H33N3O3. The van der Waals surface area contributed by atoms with Crippen LogP contribution < -0.4 is 10.9 Å². The van der Waals surface area contributed by atoms with Gasteiger partial charge in [0.1, 0.15) is 0 Å². The van der Waals surface area contributed by atoms with Gasteiger partial charge in [-0.15, -0.1) is 0 Å². The fraction of sp³-hybridized carbons (Fsp3) is 0.636. The monoisotopic (exact) mass is 387 g/mol. The van der Waals surface area contributed by atoms with Crippen LogP contribution in [0.1, 0.15) is 68.3 Å². The van der Waals surface area contributed by atoms with Crippen LogP contribution in [-0.4, -0.2) is 33.8 Å². The van der Waals surface area contributed by atoms with Crippen LogP contribution in [0.3, 0.4) is 0 Å². The minimum Gasteiger partial charge on any atom is -0.378 e. The maximum Gasteiger partial charge on any atom is 0.260 e. The van der Waals surface area contributed by atoms with Gasteiger partial charge >= 0.3 is 0 Å². The Morgan fingerprint density at radius 3 is 2.57 bits per heavy atom. The molecule has 1 amide bonds. The Balaban J connectivity index is 1.74. The molecule has 1 aliphatic rings. The number of ether oxygens (including phenoxy) is 1. The molecule has 0 aliphatic heterocycles. The maximum absolute atomic E-state index is 13.0. The number of hydrogen-bond acceptors (Lipinski definition) is 3. The van der Waals surface area contributed by atoms with Crippen LogP contribution in [0, 0.1) is 6.92 Å². The summed E-state index contributed by atoms with van der Waals surface area (Å²) in [6, 6.07) is 0.146. The summed E-state index contributed by atoms with van der Waals surface area (Å²) in [6.07, 6.45) is 10.0. The first-order valence-electron chi connectivity index (χ1n) is 10.6. The Labute approximate surface area is 166 Å². The van der Waals surface area contributed by atoms with Gasteiger partial charge in [-0.05, 0) is 51.5 Å². The Morgan fingerprint density at radius 2 is 1.93 bits per heavy atom. The highest BCUT2D eigenvalue weighted by atomic mass is 16.5. The standard InChI is InChI=1S/C22H33N3O3/c1-5-7-12-28-17-10-8-16(9-11-17)23-21(26)18-14-25(6-2)20-15(3)13-24(4)22(27)19(18)20/h13-14,16-17H,5-12H2,1-4H3,(H,23,26)/t16-,17-. The average molecular weight is 388 g/mol. The zero-order valence-corrected chi connectivity index (χ0v) is 17.6. The van der Waals surface area contributed by atoms with Gasteiger partial charge in [-0.25, -0.2) is 0 Å². The van der Waals surface area contributed by atoms with Crippen LogP contribution in [0.25, 0.3) is 10.9 Å². The quantitative estimate of drug-likeness (QED) is 0.739. The number of unbranched alkanes of at least 4 members (excludes halogenated alkanes) is 1. The smallest absolute Gasteiger partial charge is 0.260 e. The molecule has 1 saturated carbocycles. The van der Waals surface area contributed by atoms with E-state index in [1.165, 1.54) is 0 Å². The predicted octanol–water partition coefficient (Wildman–Crippen LogP) is 3.53. The molecule has 0 unspecified atom stereocenters. The molecule has 0 radical (unpaired) electrons. The van der Waals surface area contributed by atoms with Gasteiger partial charge in [0, 0.05) is 38.6 Å². The summed E-state index contributed by atoms with van der Waals surface area (Å²) >= 11 is 0. The van der Waals surface area contributed by atoms with Crippen LogP contribution in [0.5, 0.6) is 0 Å². The van der Waals surface area contributed by atoms with E-state index < -0.39 is 0 Å². The minimum absolute atomic E-state index is 0.119. The molecule has 3 rings (SSSR count). The lowest BCUT2D eigenvalue weighted by Crippen LogP contribution is -2.39. The lowest BCUT2D eigenvalue weighted by Gasteiger charge is -2.29. The van der Waals surface area contributed by atoms with Crippen molar-refractivity contribution < 1.29 is 9.53 Å². The van der Waals surface area contributed by atoms with Crippen molar-refractivity contribution in [2.45, 2.75) is 78.0 Å². The molecule has 0 saturated heterocycles. The number of nitrogens with zero attached hydrogens (tertiary/aromatic N) is 2. The number of aryl methyl sites for hydroxylation is 3. The van der Waals surface area contributed by atoms with Crippen molar-refractivity contribution in [2.75, 3.05) is 6.61 Å². The molecule has 2 aromatic rings. The van der Waals surface area contributed by atoms with Crippen molar-refractivity contribution in [3.63, 3.8) is 0 Å². The third-order valence-corrected chi connectivity index (χ3v) is 5.82. The molecule has 1 N–H and O–H groups in total. The van der Waals surface area contributed by atoms with Crippen molar-refractivity contribution in [2.24, 2.45) is 7.05 Å². The fourth-order valence-corrected chi connectivity index (χ4v) is 4.24. The molecule has 28 heavy (non-hydrogen) atoms. The van der Waals surface area contributed by atoms with E-state index in [2.05, 4.69) is 12.2 Å². The van der Waals surface area contributed by atoms with Crippen LogP contribution in [0.15, 0.2) is 17.2 Å². The summed E-state index contributed by atoms with van der Waals surface area (Å²) in [5.74, 6) is -0.143. The Kier molecular flexibility index (Phi) is 6.60. The minimum atomic E-state index is -0.143. The summed E-state index contributed by atoms with van der Waals surface area (Å²) in [5, 5.41) is 3.69. The molecule has 2 heterocycles. The third kappa shape index (κ3) is 4.17. The first-order valence-corrected chi connectivity index (χ1v) is 10.6. The summed E-state index contributed by atoms with van der Waals surface area (Å²) < 4.78 is 9.48. The largest absolute Gasteiger partial charge is 0.378 e. The number of carbonyl (C=O) groups is 1. The predicted molar refractivity (Wildman–Crippen MR) is 112 cm³/mol. The molecule has 154 valence electrons. The van der Waals surface area contributed by atoms with Crippen LogP contribution >= 0.6 is 0 Å². The molecule has 1 aliphatic carbocycles. The summed E-state index contributed by atoms with van der Waals surface area (Å²) in [4.78, 5) is 25.8. The SMILES string of the molecule is CCCCO[C@H]1CC[C@H](NC(=O)c2cn(CC)c3c(C)cn(C)c(=O)c23)CC1. The van der Waals surface area contributed by atoms with E-state index in [-0.39, 0.29) is 17.5 Å². The molecule has 6 nitrogen and oxygen atoms in total. The highest BCUT2D eigenvalue weighted by Crippen LogP contribution is 2.24. The van der Waals surface area contributed by atoms with Crippen LogP contribution in [0.4, 0.5) is 0 Å². The lowest BCUT2D eigenvalue weighted by molar-refractivity contribution is 0.0209. The number of hydrogen-bond donors (Lipinski definition) is 1. The molecule has 0 bridgehead atoms. The van der Waals surface area contributed by atoms with Gasteiger partial charge in [-0.2, -0.15) is 0 Å². The molecule has 0 atom stereocenters. The maximum atomic E-state index is 13.0. The number of carbonyl (C=O) groups excluding carboxylic acids is 1. The lowest BCUT2D eigenvalue weighted by atomic mass is 9.92. The van der Waals surface area contributed by atoms with Crippen molar-refractivity contribution in [1.29, 1.82) is 0 Å². The number of fused-ring (bicyclic) bond motifs is 1. The van der Waals surface area contributed by atoms with E-state index in [1.54, 1.807) is 11.6 Å². The molecule has 0 aromatic carbocycles. The van der Waals surface area contributed by atoms with Gasteiger partial charge in [-0.1, -0.05) is 13.3 Å². The van der Waals surface area contributed by atoms with Crippen molar-refractivity contribution >= 4 is 16.8 Å². The molecule has 1 fully saturated rings. The van der Waals surface area contributed by atoms with Crippen LogP contribution in [-0.2, 0) is 18.3 Å². The van der Waals surface area contributed by atoms with Crippen LogP contribution in [0.2, 0.25) is 0 Å². The summed E-state index contributed by atoms with van der Waals surface area (Å²) in [6.45, 7) is 7.72. The molecular weight excluding hydrogens is 354 g/mol. The summed E-state index contributed by atoms with van der Waals surface area (Å²) in [5.41, 5.74) is 2.24. The zero-order valence-electron chi connectivity index (χ0n) is 17.6. The highest BCUT2D eigenvalue weighted by Gasteiger charge is 2.25. The van der Waals surface area contributed by atoms with E-state index in [0.29, 0.717) is 17.1 Å². The molecule has 6 heteroatoms. The van der Waals surface area contributed by atoms with E-state index in [4.69, 9.17) is 4.74 Å². The molecule has 2 aromatic heterocycles. The van der Waals surface area contributed by atoms with Crippen molar-refractivity contribution in [3.8, 4) is 0 Å². The number of amides is 1. The first-order chi connectivity index (χ1) is 13.5. The zero-order chi connectivity index (χ0) is 20.3. The van der Waals surface area contributed by atoms with E-state index in [0.717, 1.165) is 62.8 Å². The van der Waals surface area contributed by atoms with Crippen molar-refractivity contribution in [1.82, 2.24) is 14.5 Å². The van der Waals surface area contributed by atoms with Gasteiger partial charge in [0.05, 0.1) is 22.6 Å². The summed E-state index contributed by atoms with van der Waals surface area (Å²) in [7, 11) is 1.74. The second kappa shape index (κ2) is 8.95. The van der Waals surface area contributed by atoms with Crippen molar-refractivity contribution in [3.05, 3.63) is 33.9 Å². The normalized spacial score (nSPS) is 19.9. The average Bonchev–Trinajstić information content (AvgIpc) is 3.08. The third-order valence-electron chi connectivity index (χ3n) is 5.82. The van der Waals surface area contributed by atoms with E-state index in [9.17, 15) is 9.59 Å². The van der Waals surface area contributed by atoms with Gasteiger partial charge in [0.25, 0.3) is 11.5 Å².